The number of carboxylic acids is 2. The normalized spacial score (nSPS) is 14.3. The molecule has 4 atom stereocenters. The Balaban J connectivity index is -0.000000297. The lowest BCUT2D eigenvalue weighted by molar-refractivity contribution is -0.165. The predicted molar refractivity (Wildman–Crippen MR) is 124 cm³/mol. The van der Waals surface area contributed by atoms with Crippen molar-refractivity contribution in [2.24, 2.45) is 5.73 Å². The molecule has 240 valence electrons. The van der Waals surface area contributed by atoms with E-state index >= 15 is 0 Å². The van der Waals surface area contributed by atoms with E-state index in [1.807, 2.05) is 0 Å². The van der Waals surface area contributed by atoms with Crippen LogP contribution in [0.4, 0.5) is 0 Å². The molecule has 0 aliphatic rings. The Bertz CT molecular complexity index is 699. The van der Waals surface area contributed by atoms with E-state index in [9.17, 15) is 39.6 Å². The second-order valence-corrected chi connectivity index (χ2v) is 7.55. The summed E-state index contributed by atoms with van der Waals surface area (Å²) in [5.41, 5.74) is -2.00. The summed E-state index contributed by atoms with van der Waals surface area (Å²) >= 11 is 0. The van der Waals surface area contributed by atoms with Crippen molar-refractivity contribution in [3.8, 4) is 0 Å². The van der Waals surface area contributed by atoms with Gasteiger partial charge in [0.1, 0.15) is 0 Å². The van der Waals surface area contributed by atoms with Crippen molar-refractivity contribution in [3.63, 3.8) is 0 Å². The average Bonchev–Trinajstić information content (AvgIpc) is 2.91. The lowest BCUT2D eigenvalue weighted by atomic mass is 10.1. The van der Waals surface area contributed by atoms with Gasteiger partial charge in [0.15, 0.2) is 41.6 Å². The van der Waals surface area contributed by atoms with Crippen LogP contribution in [0.3, 0.4) is 0 Å². The maximum absolute atomic E-state index is 11.5. The summed E-state index contributed by atoms with van der Waals surface area (Å²) < 4.78 is 0. The minimum absolute atomic E-state index is 0. The maximum atomic E-state index is 11.5. The van der Waals surface area contributed by atoms with Crippen LogP contribution in [-0.4, -0.2) is 182 Å². The highest BCUT2D eigenvalue weighted by Crippen LogP contribution is 2.04. The van der Waals surface area contributed by atoms with Crippen molar-refractivity contribution in [1.82, 2.24) is 10.6 Å². The second-order valence-electron chi connectivity index (χ2n) is 7.55. The van der Waals surface area contributed by atoms with Crippen molar-refractivity contribution in [2.75, 3.05) is 39.6 Å². The van der Waals surface area contributed by atoms with E-state index in [4.69, 9.17) is 61.9 Å². The van der Waals surface area contributed by atoms with Crippen molar-refractivity contribution >= 4 is 23.8 Å². The zero-order valence-corrected chi connectivity index (χ0v) is 20.0. The van der Waals surface area contributed by atoms with Crippen molar-refractivity contribution in [2.45, 2.75) is 49.0 Å². The van der Waals surface area contributed by atoms with E-state index in [0.717, 1.165) is 0 Å². The third kappa shape index (κ3) is 17.1. The Morgan fingerprint density at radius 1 is 0.550 bits per heavy atom. The summed E-state index contributed by atoms with van der Waals surface area (Å²) in [7, 11) is 0. The van der Waals surface area contributed by atoms with Gasteiger partial charge in [-0.3, -0.25) is 15.3 Å². The highest BCUT2D eigenvalue weighted by molar-refractivity contribution is 5.91. The molecule has 22 heteroatoms. The Kier molecular flexibility index (Phi) is 22.4. The van der Waals surface area contributed by atoms with Gasteiger partial charge in [0.05, 0.1) is 39.6 Å². The molecule has 22 nitrogen and oxygen atoms in total. The predicted octanol–water partition coefficient (Wildman–Crippen LogP) is -10.6. The first-order valence-corrected chi connectivity index (χ1v) is 10.1. The molecule has 0 rings (SSSR count). The number of carbonyl (C=O) groups excluding carboxylic acids is 2. The fourth-order valence-electron chi connectivity index (χ4n) is 1.47. The van der Waals surface area contributed by atoms with Gasteiger partial charge in [-0.2, -0.15) is 0 Å². The number of nitrogens with two attached hydrogens (primary N) is 1. The number of hydrogen-bond donors (Lipinski definition) is 18. The molecule has 0 spiro atoms. The number of carbonyl (C=O) groups is 4. The van der Waals surface area contributed by atoms with Crippen LogP contribution in [0.1, 0.15) is 7.43 Å². The Labute approximate surface area is 225 Å². The number of aliphatic hydroxyl groups is 13. The second kappa shape index (κ2) is 20.2. The van der Waals surface area contributed by atoms with Crippen LogP contribution >= 0.6 is 0 Å². The number of aliphatic hydroxyl groups excluding tert-OH is 10. The first kappa shape index (κ1) is 44.3. The van der Waals surface area contributed by atoms with Crippen LogP contribution in [0.15, 0.2) is 0 Å². The molecule has 4 unspecified atom stereocenters. The van der Waals surface area contributed by atoms with E-state index in [-0.39, 0.29) is 7.43 Å². The molecular formula is C18H39N3O19. The summed E-state index contributed by atoms with van der Waals surface area (Å²) in [6.45, 7) is -5.69. The molecule has 0 fully saturated rings. The maximum Gasteiger partial charge on any atom is 0.335 e. The third-order valence-corrected chi connectivity index (χ3v) is 3.95. The summed E-state index contributed by atoms with van der Waals surface area (Å²) in [6, 6.07) is 0. The molecule has 0 saturated carbocycles. The monoisotopic (exact) mass is 601 g/mol. The molecular weight excluding hydrogens is 562 g/mol. The zero-order chi connectivity index (χ0) is 31.8. The van der Waals surface area contributed by atoms with E-state index in [1.54, 1.807) is 10.6 Å². The quantitative estimate of drug-likeness (QED) is 0.0821. The molecule has 0 bridgehead atoms. The van der Waals surface area contributed by atoms with Crippen molar-refractivity contribution in [1.29, 1.82) is 0 Å². The highest BCUT2D eigenvalue weighted by Gasteiger charge is 2.38. The van der Waals surface area contributed by atoms with Gasteiger partial charge in [-0.25, -0.2) is 9.59 Å². The number of hydrogen-bond acceptors (Lipinski definition) is 18. The van der Waals surface area contributed by atoms with Gasteiger partial charge < -0.3 is 87.2 Å². The van der Waals surface area contributed by atoms with Crippen LogP contribution in [0, 0.1) is 0 Å². The van der Waals surface area contributed by atoms with Gasteiger partial charge in [0.2, 0.25) is 0 Å². The number of amides is 2. The Morgan fingerprint density at radius 2 is 0.775 bits per heavy atom. The molecule has 0 aromatic carbocycles. The van der Waals surface area contributed by atoms with Crippen LogP contribution in [0.25, 0.3) is 0 Å². The molecule has 40 heavy (non-hydrogen) atoms. The molecule has 0 aromatic rings. The smallest absolute Gasteiger partial charge is 0.335 e. The summed E-state index contributed by atoms with van der Waals surface area (Å²) in [4.78, 5) is 42.5. The van der Waals surface area contributed by atoms with Gasteiger partial charge in [-0.05, 0) is 0 Å². The number of carboxylic acid groups (broad SMARTS) is 2. The topological polar surface area (TPSA) is 422 Å². The first-order valence-electron chi connectivity index (χ1n) is 10.1. The minimum Gasteiger partial charge on any atom is -0.479 e. The van der Waals surface area contributed by atoms with Gasteiger partial charge in [0.25, 0.3) is 11.8 Å². The molecule has 0 aliphatic carbocycles. The SMILES string of the molecule is C.NC(O)(CO)CO.O=C(NC(O)(CO)CO)C(O)C(O)C(=O)NC(O)(CO)CO.O=C(O)C(O)C(O)C(=O)O. The van der Waals surface area contributed by atoms with Crippen molar-refractivity contribution in [3.05, 3.63) is 0 Å². The largest absolute Gasteiger partial charge is 0.479 e. The third-order valence-electron chi connectivity index (χ3n) is 3.95. The number of rotatable bonds is 14. The Morgan fingerprint density at radius 3 is 0.900 bits per heavy atom. The van der Waals surface area contributed by atoms with Crippen LogP contribution in [0.2, 0.25) is 0 Å². The van der Waals surface area contributed by atoms with Crippen LogP contribution in [-0.2, 0) is 19.2 Å². The van der Waals surface area contributed by atoms with Gasteiger partial charge in [0, 0.05) is 0 Å². The summed E-state index contributed by atoms with van der Waals surface area (Å²) in [5.74, 6) is -6.56. The molecule has 0 radical (unpaired) electrons. The lowest BCUT2D eigenvalue weighted by Crippen LogP contribution is -2.62. The summed E-state index contributed by atoms with van der Waals surface area (Å²) in [5, 5.41) is 133. The van der Waals surface area contributed by atoms with Crippen molar-refractivity contribution < 1.29 is 95.8 Å². The van der Waals surface area contributed by atoms with Gasteiger partial charge in [-0.15, -0.1) is 0 Å². The van der Waals surface area contributed by atoms with E-state index in [1.165, 1.54) is 0 Å². The molecule has 0 heterocycles. The van der Waals surface area contributed by atoms with Crippen LogP contribution in [0.5, 0.6) is 0 Å². The van der Waals surface area contributed by atoms with E-state index in [0.29, 0.717) is 0 Å². The fourth-order valence-corrected chi connectivity index (χ4v) is 1.47. The minimum atomic E-state index is -2.48. The first-order chi connectivity index (χ1) is 17.7. The highest BCUT2D eigenvalue weighted by atomic mass is 16.4. The molecule has 2 amide bonds. The average molecular weight is 602 g/mol. The molecule has 0 aromatic heterocycles. The summed E-state index contributed by atoms with van der Waals surface area (Å²) in [6.07, 6.45) is -9.41. The fraction of sp³-hybridized carbons (Fsp3) is 0.778. The van der Waals surface area contributed by atoms with Gasteiger partial charge >= 0.3 is 11.9 Å². The molecule has 0 saturated heterocycles. The Hall–Kier alpha value is -2.68. The van der Waals surface area contributed by atoms with E-state index < -0.39 is 105 Å². The lowest BCUT2D eigenvalue weighted by Gasteiger charge is -2.29. The van der Waals surface area contributed by atoms with E-state index in [2.05, 4.69) is 0 Å². The zero-order valence-electron chi connectivity index (χ0n) is 20.0. The number of nitrogens with one attached hydrogen (secondary N) is 2. The molecule has 0 aliphatic heterocycles. The van der Waals surface area contributed by atoms with Crippen LogP contribution < -0.4 is 16.4 Å². The standard InChI is InChI=1S/C10H20N2O10.C4H6O6.C3H9NO3.CH4/c13-1-9(21,2-14)11-7(19)5(17)6(18)8(20)12-10(22,3-15)4-16;5-1(3(7)8)2(6)4(9)10;4-3(7,1-5)2-6;/h5-6,13-18,21-22H,1-4H2,(H,11,19)(H,12,20);1-2,5-6H,(H,7,8)(H,9,10);5-7H,1-2,4H2;1H4. The number of aliphatic carboxylic acids is 2. The molecule has 19 N–H and O–H groups in total. The van der Waals surface area contributed by atoms with Gasteiger partial charge in [-0.1, -0.05) is 7.43 Å².